The number of halogens is 3. The van der Waals surface area contributed by atoms with Gasteiger partial charge in [-0.15, -0.1) is 0 Å². The third-order valence-electron chi connectivity index (χ3n) is 4.21. The zero-order chi connectivity index (χ0) is 18.3. The molecule has 0 spiro atoms. The van der Waals surface area contributed by atoms with E-state index in [4.69, 9.17) is 27.7 Å². The molecule has 1 aromatic heterocycles. The van der Waals surface area contributed by atoms with Crippen molar-refractivity contribution in [2.75, 3.05) is 11.4 Å². The molecule has 1 saturated heterocycles. The summed E-state index contributed by atoms with van der Waals surface area (Å²) in [4.78, 5) is 18.3. The normalized spacial score (nSPS) is 17.1. The first-order valence-corrected chi connectivity index (χ1v) is 8.62. The van der Waals surface area contributed by atoms with E-state index in [9.17, 15) is 9.18 Å². The molecule has 0 aliphatic carbocycles. The number of hydrogen-bond donors (Lipinski definition) is 0. The molecule has 3 aromatic rings. The van der Waals surface area contributed by atoms with Gasteiger partial charge in [-0.2, -0.15) is 4.98 Å². The van der Waals surface area contributed by atoms with E-state index < -0.39 is 5.82 Å². The van der Waals surface area contributed by atoms with E-state index in [1.54, 1.807) is 23.1 Å². The highest BCUT2D eigenvalue weighted by Crippen LogP contribution is 2.33. The largest absolute Gasteiger partial charge is 0.339 e. The molecule has 1 amide bonds. The van der Waals surface area contributed by atoms with Crippen molar-refractivity contribution < 1.29 is 13.7 Å². The summed E-state index contributed by atoms with van der Waals surface area (Å²) in [6.07, 6.45) is 0.228. The Hall–Kier alpha value is -2.44. The monoisotopic (exact) mass is 391 g/mol. The molecule has 2 heterocycles. The molecule has 0 radical (unpaired) electrons. The van der Waals surface area contributed by atoms with Crippen molar-refractivity contribution in [3.8, 4) is 11.4 Å². The van der Waals surface area contributed by atoms with Crippen LogP contribution in [0.4, 0.5) is 10.1 Å². The lowest BCUT2D eigenvalue weighted by Gasteiger charge is -2.16. The molecule has 0 N–H and O–H groups in total. The summed E-state index contributed by atoms with van der Waals surface area (Å²) >= 11 is 11.8. The fourth-order valence-corrected chi connectivity index (χ4v) is 3.29. The van der Waals surface area contributed by atoms with Crippen molar-refractivity contribution >= 4 is 34.8 Å². The molecule has 1 aliphatic heterocycles. The van der Waals surface area contributed by atoms with Gasteiger partial charge in [-0.1, -0.05) is 40.5 Å². The van der Waals surface area contributed by atoms with Crippen molar-refractivity contribution in [2.45, 2.75) is 12.3 Å². The minimum Gasteiger partial charge on any atom is -0.339 e. The van der Waals surface area contributed by atoms with Crippen LogP contribution < -0.4 is 4.90 Å². The predicted octanol–water partition coefficient (Wildman–Crippen LogP) is 4.70. The molecule has 1 fully saturated rings. The summed E-state index contributed by atoms with van der Waals surface area (Å²) < 4.78 is 18.7. The minimum atomic E-state index is -0.526. The topological polar surface area (TPSA) is 59.2 Å². The average Bonchev–Trinajstić information content (AvgIpc) is 3.24. The van der Waals surface area contributed by atoms with E-state index in [1.807, 2.05) is 6.07 Å². The van der Waals surface area contributed by atoms with Gasteiger partial charge in [-0.3, -0.25) is 4.79 Å². The van der Waals surface area contributed by atoms with Crippen molar-refractivity contribution in [1.82, 2.24) is 10.1 Å². The molecule has 1 atom stereocenters. The Kier molecular flexibility index (Phi) is 4.38. The van der Waals surface area contributed by atoms with Crippen LogP contribution in [0.15, 0.2) is 47.0 Å². The maximum atomic E-state index is 13.3. The molecule has 0 bridgehead atoms. The van der Waals surface area contributed by atoms with E-state index in [1.165, 1.54) is 18.2 Å². The first kappa shape index (κ1) is 17.0. The van der Waals surface area contributed by atoms with E-state index >= 15 is 0 Å². The predicted molar refractivity (Wildman–Crippen MR) is 95.9 cm³/mol. The Morgan fingerprint density at radius 3 is 2.81 bits per heavy atom. The Morgan fingerprint density at radius 2 is 2.04 bits per heavy atom. The second-order valence-corrected chi connectivity index (χ2v) is 6.81. The van der Waals surface area contributed by atoms with Crippen molar-refractivity contribution in [1.29, 1.82) is 0 Å². The SMILES string of the molecule is O=C1CC(c2nc(-c3cccc(Cl)c3)no2)CN1c1ccc(F)c(Cl)c1. The van der Waals surface area contributed by atoms with Crippen LogP contribution in [-0.4, -0.2) is 22.6 Å². The summed E-state index contributed by atoms with van der Waals surface area (Å²) in [6.45, 7) is 0.359. The maximum Gasteiger partial charge on any atom is 0.232 e. The number of aromatic nitrogens is 2. The van der Waals surface area contributed by atoms with Gasteiger partial charge in [0.25, 0.3) is 0 Å². The third-order valence-corrected chi connectivity index (χ3v) is 4.74. The van der Waals surface area contributed by atoms with Crippen LogP contribution in [0.25, 0.3) is 11.4 Å². The summed E-state index contributed by atoms with van der Waals surface area (Å²) in [6, 6.07) is 11.3. The Morgan fingerprint density at radius 1 is 1.19 bits per heavy atom. The van der Waals surface area contributed by atoms with Crippen LogP contribution in [0.3, 0.4) is 0 Å². The van der Waals surface area contributed by atoms with Crippen LogP contribution in [0.5, 0.6) is 0 Å². The van der Waals surface area contributed by atoms with E-state index in [0.717, 1.165) is 5.56 Å². The van der Waals surface area contributed by atoms with Crippen LogP contribution in [0.1, 0.15) is 18.2 Å². The zero-order valence-corrected chi connectivity index (χ0v) is 14.8. The van der Waals surface area contributed by atoms with Crippen molar-refractivity contribution in [2.24, 2.45) is 0 Å². The van der Waals surface area contributed by atoms with Crippen LogP contribution in [-0.2, 0) is 4.79 Å². The van der Waals surface area contributed by atoms with Crippen LogP contribution in [0, 0.1) is 5.82 Å². The van der Waals surface area contributed by atoms with Crippen LogP contribution >= 0.6 is 23.2 Å². The number of hydrogen-bond acceptors (Lipinski definition) is 4. The van der Waals surface area contributed by atoms with Gasteiger partial charge in [0.1, 0.15) is 5.82 Å². The number of carbonyl (C=O) groups excluding carboxylic acids is 1. The lowest BCUT2D eigenvalue weighted by Crippen LogP contribution is -2.24. The lowest BCUT2D eigenvalue weighted by molar-refractivity contribution is -0.117. The van der Waals surface area contributed by atoms with Crippen molar-refractivity contribution in [3.63, 3.8) is 0 Å². The first-order valence-electron chi connectivity index (χ1n) is 7.86. The van der Waals surface area contributed by atoms with Gasteiger partial charge < -0.3 is 9.42 Å². The molecule has 4 rings (SSSR count). The molecule has 1 unspecified atom stereocenters. The highest BCUT2D eigenvalue weighted by Gasteiger charge is 2.35. The first-order chi connectivity index (χ1) is 12.5. The zero-order valence-electron chi connectivity index (χ0n) is 13.3. The highest BCUT2D eigenvalue weighted by atomic mass is 35.5. The smallest absolute Gasteiger partial charge is 0.232 e. The quantitative estimate of drug-likeness (QED) is 0.648. The summed E-state index contributed by atoms with van der Waals surface area (Å²) in [5.41, 5.74) is 1.28. The molecular weight excluding hydrogens is 380 g/mol. The van der Waals surface area contributed by atoms with E-state index in [0.29, 0.717) is 29.0 Å². The molecule has 8 heteroatoms. The molecule has 2 aromatic carbocycles. The number of rotatable bonds is 3. The lowest BCUT2D eigenvalue weighted by atomic mass is 10.1. The van der Waals surface area contributed by atoms with Gasteiger partial charge in [0, 0.05) is 29.2 Å². The average molecular weight is 392 g/mol. The molecule has 5 nitrogen and oxygen atoms in total. The Balaban J connectivity index is 1.56. The van der Waals surface area contributed by atoms with Gasteiger partial charge >= 0.3 is 0 Å². The Bertz CT molecular complexity index is 992. The molecule has 132 valence electrons. The number of nitrogens with zero attached hydrogens (tertiary/aromatic N) is 3. The van der Waals surface area contributed by atoms with Gasteiger partial charge in [0.2, 0.25) is 17.6 Å². The van der Waals surface area contributed by atoms with E-state index in [2.05, 4.69) is 10.1 Å². The second kappa shape index (κ2) is 6.70. The maximum absolute atomic E-state index is 13.3. The molecule has 1 aliphatic rings. The number of anilines is 1. The number of amides is 1. The fourth-order valence-electron chi connectivity index (χ4n) is 2.92. The molecule has 0 saturated carbocycles. The second-order valence-electron chi connectivity index (χ2n) is 5.97. The van der Waals surface area contributed by atoms with Gasteiger partial charge in [-0.05, 0) is 30.3 Å². The number of benzene rings is 2. The van der Waals surface area contributed by atoms with Crippen LogP contribution in [0.2, 0.25) is 10.0 Å². The van der Waals surface area contributed by atoms with Gasteiger partial charge in [0.15, 0.2) is 0 Å². The van der Waals surface area contributed by atoms with Gasteiger partial charge in [-0.25, -0.2) is 4.39 Å². The Labute approximate surface area is 158 Å². The van der Waals surface area contributed by atoms with Gasteiger partial charge in [0.05, 0.1) is 10.9 Å². The summed E-state index contributed by atoms with van der Waals surface area (Å²) in [5.74, 6) is -0.0871. The molecule has 26 heavy (non-hydrogen) atoms. The number of carbonyl (C=O) groups is 1. The summed E-state index contributed by atoms with van der Waals surface area (Å²) in [5, 5.41) is 4.52. The standard InChI is InChI=1S/C18H12Cl2FN3O2/c19-12-3-1-2-10(6-12)17-22-18(26-23-17)11-7-16(25)24(9-11)13-4-5-15(21)14(20)8-13/h1-6,8,11H,7,9H2. The highest BCUT2D eigenvalue weighted by molar-refractivity contribution is 6.31. The van der Waals surface area contributed by atoms with E-state index in [-0.39, 0.29) is 23.3 Å². The summed E-state index contributed by atoms with van der Waals surface area (Å²) in [7, 11) is 0. The third kappa shape index (κ3) is 3.18. The minimum absolute atomic E-state index is 0.0280. The van der Waals surface area contributed by atoms with Crippen molar-refractivity contribution in [3.05, 3.63) is 64.2 Å². The fraction of sp³-hybridized carbons (Fsp3) is 0.167. The molecular formula is C18H12Cl2FN3O2.